The van der Waals surface area contributed by atoms with Crippen LogP contribution in [-0.2, 0) is 0 Å². The lowest BCUT2D eigenvalue weighted by molar-refractivity contribution is 0.0827. The van der Waals surface area contributed by atoms with Gasteiger partial charge in [0.25, 0.3) is 5.91 Å². The molecule has 0 atom stereocenters. The number of benzene rings is 1. The summed E-state index contributed by atoms with van der Waals surface area (Å²) in [5.74, 6) is 0.483. The van der Waals surface area contributed by atoms with Gasteiger partial charge in [0, 0.05) is 26.7 Å². The van der Waals surface area contributed by atoms with Crippen LogP contribution in [0.4, 0.5) is 0 Å². The average Bonchev–Trinajstić information content (AvgIpc) is 2.34. The Kier molecular flexibility index (Phi) is 5.95. The Morgan fingerprint density at radius 3 is 2.72 bits per heavy atom. The molecule has 0 unspecified atom stereocenters. The first kappa shape index (κ1) is 14.8. The van der Waals surface area contributed by atoms with Crippen LogP contribution < -0.4 is 10.3 Å². The van der Waals surface area contributed by atoms with Gasteiger partial charge in [-0.05, 0) is 18.6 Å². The Bertz CT molecular complexity index is 408. The second kappa shape index (κ2) is 7.24. The lowest BCUT2D eigenvalue weighted by Gasteiger charge is -2.12. The molecule has 1 N–H and O–H groups in total. The molecule has 100 valence electrons. The van der Waals surface area contributed by atoms with Crippen molar-refractivity contribution >= 4 is 17.5 Å². The molecule has 4 nitrogen and oxygen atoms in total. The van der Waals surface area contributed by atoms with Crippen molar-refractivity contribution in [3.8, 4) is 5.75 Å². The number of amides is 1. The van der Waals surface area contributed by atoms with E-state index in [1.165, 1.54) is 4.90 Å². The zero-order valence-corrected chi connectivity index (χ0v) is 11.8. The highest BCUT2D eigenvalue weighted by atomic mass is 35.5. The third-order valence-electron chi connectivity index (χ3n) is 2.40. The Balaban J connectivity index is 2.65. The average molecular weight is 271 g/mol. The van der Waals surface area contributed by atoms with Crippen LogP contribution in [0.5, 0.6) is 5.75 Å². The first-order valence-electron chi connectivity index (χ1n) is 5.97. The van der Waals surface area contributed by atoms with Gasteiger partial charge in [0.1, 0.15) is 5.75 Å². The molecule has 0 saturated heterocycles. The van der Waals surface area contributed by atoms with Crippen LogP contribution in [0.25, 0.3) is 0 Å². The Hall–Kier alpha value is -1.26. The monoisotopic (exact) mass is 270 g/mol. The highest BCUT2D eigenvalue weighted by Gasteiger charge is 2.12. The van der Waals surface area contributed by atoms with Crippen LogP contribution in [0.1, 0.15) is 30.1 Å². The van der Waals surface area contributed by atoms with E-state index in [9.17, 15) is 4.79 Å². The molecule has 0 aliphatic heterocycles. The predicted molar refractivity (Wildman–Crippen MR) is 73.0 cm³/mol. The van der Waals surface area contributed by atoms with E-state index in [-0.39, 0.29) is 5.91 Å². The minimum absolute atomic E-state index is 0.120. The van der Waals surface area contributed by atoms with E-state index in [2.05, 4.69) is 12.4 Å². The van der Waals surface area contributed by atoms with Crippen molar-refractivity contribution in [1.29, 1.82) is 0 Å². The summed E-state index contributed by atoms with van der Waals surface area (Å²) in [7, 11) is 3.38. The van der Waals surface area contributed by atoms with Crippen molar-refractivity contribution in [2.45, 2.75) is 19.8 Å². The van der Waals surface area contributed by atoms with Gasteiger partial charge in [-0.15, -0.1) is 0 Å². The largest absolute Gasteiger partial charge is 0.409 e. The Morgan fingerprint density at radius 1 is 1.44 bits per heavy atom. The molecule has 1 aromatic rings. The lowest BCUT2D eigenvalue weighted by atomic mass is 10.2. The number of halogens is 1. The number of hydrogen-bond donors (Lipinski definition) is 1. The van der Waals surface area contributed by atoms with Crippen molar-refractivity contribution in [2.24, 2.45) is 0 Å². The highest BCUT2D eigenvalue weighted by molar-refractivity contribution is 6.34. The summed E-state index contributed by atoms with van der Waals surface area (Å²) in [4.78, 5) is 18.6. The molecule has 1 rings (SSSR count). The number of carbonyl (C=O) groups is 1. The summed E-state index contributed by atoms with van der Waals surface area (Å²) < 4.78 is 0. The van der Waals surface area contributed by atoms with Crippen molar-refractivity contribution in [2.75, 3.05) is 20.6 Å². The van der Waals surface area contributed by atoms with Crippen molar-refractivity contribution in [3.63, 3.8) is 0 Å². The maximum absolute atomic E-state index is 11.8. The van der Waals surface area contributed by atoms with Crippen LogP contribution in [0.3, 0.4) is 0 Å². The summed E-state index contributed by atoms with van der Waals surface area (Å²) in [6, 6.07) is 5.03. The van der Waals surface area contributed by atoms with Crippen LogP contribution in [0.15, 0.2) is 18.2 Å². The molecule has 0 aliphatic carbocycles. The van der Waals surface area contributed by atoms with Gasteiger partial charge in [0.2, 0.25) is 0 Å². The third-order valence-corrected chi connectivity index (χ3v) is 2.71. The lowest BCUT2D eigenvalue weighted by Crippen LogP contribution is -2.22. The zero-order chi connectivity index (χ0) is 13.5. The standard InChI is InChI=1S/C13H19ClN2O2/c1-4-5-8-15-18-10-6-7-11(12(14)9-10)13(17)16(2)3/h6-7,9,15H,4-5,8H2,1-3H3. The smallest absolute Gasteiger partial charge is 0.254 e. The van der Waals surface area contributed by atoms with Crippen molar-refractivity contribution < 1.29 is 9.63 Å². The molecule has 1 aromatic carbocycles. The third kappa shape index (κ3) is 4.20. The fourth-order valence-corrected chi connectivity index (χ4v) is 1.61. The van der Waals surface area contributed by atoms with Crippen LogP contribution in [0.2, 0.25) is 5.02 Å². The van der Waals surface area contributed by atoms with E-state index in [4.69, 9.17) is 16.4 Å². The summed E-state index contributed by atoms with van der Waals surface area (Å²) >= 11 is 6.05. The Morgan fingerprint density at radius 2 is 2.17 bits per heavy atom. The number of carbonyl (C=O) groups excluding carboxylic acids is 1. The normalized spacial score (nSPS) is 10.2. The van der Waals surface area contributed by atoms with Gasteiger partial charge >= 0.3 is 0 Å². The molecule has 0 spiro atoms. The van der Waals surface area contributed by atoms with Crippen molar-refractivity contribution in [1.82, 2.24) is 10.4 Å². The number of nitrogens with one attached hydrogen (secondary N) is 1. The highest BCUT2D eigenvalue weighted by Crippen LogP contribution is 2.23. The maximum Gasteiger partial charge on any atom is 0.254 e. The van der Waals surface area contributed by atoms with E-state index < -0.39 is 0 Å². The van der Waals surface area contributed by atoms with E-state index >= 15 is 0 Å². The van der Waals surface area contributed by atoms with Gasteiger partial charge in [-0.2, -0.15) is 5.48 Å². The maximum atomic E-state index is 11.8. The Labute approximate surface area is 113 Å². The van der Waals surface area contributed by atoms with E-state index in [1.807, 2.05) is 0 Å². The van der Waals surface area contributed by atoms with Gasteiger partial charge in [-0.3, -0.25) is 4.79 Å². The molecule has 0 aliphatic rings. The minimum atomic E-state index is -0.120. The number of hydrogen-bond acceptors (Lipinski definition) is 3. The second-order valence-corrected chi connectivity index (χ2v) is 4.60. The van der Waals surface area contributed by atoms with Crippen LogP contribution >= 0.6 is 11.6 Å². The molecule has 0 bridgehead atoms. The quantitative estimate of drug-likeness (QED) is 0.638. The van der Waals surface area contributed by atoms with Gasteiger partial charge < -0.3 is 9.74 Å². The second-order valence-electron chi connectivity index (χ2n) is 4.19. The molecular formula is C13H19ClN2O2. The van der Waals surface area contributed by atoms with E-state index in [1.54, 1.807) is 32.3 Å². The van der Waals surface area contributed by atoms with Gasteiger partial charge in [0.05, 0.1) is 10.6 Å². The summed E-state index contributed by atoms with van der Waals surface area (Å²) in [5, 5.41) is 0.392. The van der Waals surface area contributed by atoms with Gasteiger partial charge in [0.15, 0.2) is 0 Å². The molecular weight excluding hydrogens is 252 g/mol. The van der Waals surface area contributed by atoms with Crippen molar-refractivity contribution in [3.05, 3.63) is 28.8 Å². The molecule has 0 aromatic heterocycles. The van der Waals surface area contributed by atoms with Gasteiger partial charge in [-0.25, -0.2) is 0 Å². The minimum Gasteiger partial charge on any atom is -0.409 e. The van der Waals surface area contributed by atoms with Crippen LogP contribution in [0, 0.1) is 0 Å². The molecule has 18 heavy (non-hydrogen) atoms. The summed E-state index contributed by atoms with van der Waals surface area (Å²) in [5.41, 5.74) is 3.32. The predicted octanol–water partition coefficient (Wildman–Crippen LogP) is 2.73. The molecule has 1 amide bonds. The fraction of sp³-hybridized carbons (Fsp3) is 0.462. The molecule has 0 saturated carbocycles. The molecule has 5 heteroatoms. The SMILES string of the molecule is CCCCNOc1ccc(C(=O)N(C)C)c(Cl)c1. The molecule has 0 heterocycles. The topological polar surface area (TPSA) is 41.6 Å². The summed E-state index contributed by atoms with van der Waals surface area (Å²) in [6.07, 6.45) is 2.15. The number of hydroxylamine groups is 1. The van der Waals surface area contributed by atoms with Crippen LogP contribution in [-0.4, -0.2) is 31.4 Å². The fourth-order valence-electron chi connectivity index (χ4n) is 1.36. The van der Waals surface area contributed by atoms with E-state index in [0.717, 1.165) is 19.4 Å². The summed E-state index contributed by atoms with van der Waals surface area (Å²) in [6.45, 7) is 2.90. The van der Waals surface area contributed by atoms with E-state index in [0.29, 0.717) is 16.3 Å². The molecule has 0 fully saturated rings. The molecule has 0 radical (unpaired) electrons. The zero-order valence-electron chi connectivity index (χ0n) is 11.0. The number of rotatable bonds is 6. The first-order chi connectivity index (χ1) is 8.56. The number of unbranched alkanes of at least 4 members (excludes halogenated alkanes) is 1. The van der Waals surface area contributed by atoms with Gasteiger partial charge in [-0.1, -0.05) is 24.9 Å². The number of nitrogens with zero attached hydrogens (tertiary/aromatic N) is 1. The first-order valence-corrected chi connectivity index (χ1v) is 6.35.